The van der Waals surface area contributed by atoms with E-state index in [1.807, 2.05) is 36.4 Å². The molecule has 3 rings (SSSR count). The van der Waals surface area contributed by atoms with Gasteiger partial charge in [-0.2, -0.15) is 0 Å². The van der Waals surface area contributed by atoms with Crippen molar-refractivity contribution in [2.45, 2.75) is 6.55 Å². The molecular weight excluding hydrogens is 300 g/mol. The maximum absolute atomic E-state index is 6.56. The Morgan fingerprint density at radius 3 is 1.48 bits per heavy atom. The summed E-state index contributed by atoms with van der Waals surface area (Å²) in [4.78, 5) is 0. The van der Waals surface area contributed by atoms with Gasteiger partial charge >= 0.3 is 8.32 Å². The molecule has 3 heteroatoms. The average molecular weight is 320 g/mol. The van der Waals surface area contributed by atoms with Crippen LogP contribution in [-0.2, 0) is 0 Å². The van der Waals surface area contributed by atoms with Crippen molar-refractivity contribution in [1.29, 1.82) is 0 Å². The van der Waals surface area contributed by atoms with Gasteiger partial charge in [0.05, 0.1) is 7.11 Å². The molecular formula is C20H20O2Si. The van der Waals surface area contributed by atoms with Crippen LogP contribution in [0.4, 0.5) is 0 Å². The summed E-state index contributed by atoms with van der Waals surface area (Å²) >= 11 is 0. The molecule has 0 aliphatic rings. The molecule has 0 atom stereocenters. The third kappa shape index (κ3) is 3.30. The highest BCUT2D eigenvalue weighted by Crippen LogP contribution is 2.20. The first-order valence-corrected chi connectivity index (χ1v) is 10.1. The highest BCUT2D eigenvalue weighted by molar-refractivity contribution is 6.97. The summed E-state index contributed by atoms with van der Waals surface area (Å²) in [5, 5.41) is 2.50. The third-order valence-electron chi connectivity index (χ3n) is 4.03. The van der Waals surface area contributed by atoms with Crippen LogP contribution in [0, 0.1) is 0 Å². The summed E-state index contributed by atoms with van der Waals surface area (Å²) < 4.78 is 11.8. The monoisotopic (exact) mass is 320 g/mol. The summed E-state index contributed by atoms with van der Waals surface area (Å²) in [6, 6.07) is 28.8. The van der Waals surface area contributed by atoms with E-state index in [4.69, 9.17) is 9.16 Å². The number of hydrogen-bond acceptors (Lipinski definition) is 2. The van der Waals surface area contributed by atoms with Gasteiger partial charge < -0.3 is 9.16 Å². The lowest BCUT2D eigenvalue weighted by Gasteiger charge is -2.29. The Bertz CT molecular complexity index is 700. The van der Waals surface area contributed by atoms with Crippen LogP contribution >= 0.6 is 0 Å². The van der Waals surface area contributed by atoms with Crippen LogP contribution in [0.1, 0.15) is 0 Å². The molecule has 0 radical (unpaired) electrons. The van der Waals surface area contributed by atoms with E-state index in [0.717, 1.165) is 11.5 Å². The van der Waals surface area contributed by atoms with Crippen molar-refractivity contribution in [3.05, 3.63) is 84.9 Å². The fourth-order valence-electron chi connectivity index (χ4n) is 2.68. The Hall–Kier alpha value is -2.52. The van der Waals surface area contributed by atoms with E-state index in [1.54, 1.807) is 7.11 Å². The quantitative estimate of drug-likeness (QED) is 0.670. The fourth-order valence-corrected chi connectivity index (χ4v) is 5.51. The smallest absolute Gasteiger partial charge is 0.311 e. The number of benzene rings is 3. The van der Waals surface area contributed by atoms with Crippen LogP contribution in [-0.4, -0.2) is 15.4 Å². The van der Waals surface area contributed by atoms with Gasteiger partial charge in [-0.1, -0.05) is 60.7 Å². The van der Waals surface area contributed by atoms with E-state index < -0.39 is 8.32 Å². The molecule has 0 aromatic heterocycles. The van der Waals surface area contributed by atoms with Crippen molar-refractivity contribution < 1.29 is 9.16 Å². The Morgan fingerprint density at radius 2 is 1.04 bits per heavy atom. The van der Waals surface area contributed by atoms with Crippen molar-refractivity contribution in [2.75, 3.05) is 7.11 Å². The topological polar surface area (TPSA) is 18.5 Å². The van der Waals surface area contributed by atoms with Crippen molar-refractivity contribution in [3.63, 3.8) is 0 Å². The van der Waals surface area contributed by atoms with Gasteiger partial charge in [0.1, 0.15) is 11.5 Å². The van der Waals surface area contributed by atoms with E-state index in [1.165, 1.54) is 10.4 Å². The second-order valence-electron chi connectivity index (χ2n) is 5.54. The lowest BCUT2D eigenvalue weighted by molar-refractivity contribution is 0.414. The first-order chi connectivity index (χ1) is 11.2. The zero-order valence-corrected chi connectivity index (χ0v) is 14.4. The van der Waals surface area contributed by atoms with Gasteiger partial charge in [0.2, 0.25) is 0 Å². The standard InChI is InChI=1S/C20H20O2Si/c1-21-17-13-15-18(16-14-17)22-23(2,19-9-5-3-6-10-19)20-11-7-4-8-12-20/h3-16H,1-2H3. The van der Waals surface area contributed by atoms with E-state index in [2.05, 4.69) is 55.1 Å². The predicted octanol–water partition coefficient (Wildman–Crippen LogP) is 3.46. The molecule has 23 heavy (non-hydrogen) atoms. The molecule has 0 bridgehead atoms. The van der Waals surface area contributed by atoms with Crippen molar-refractivity contribution in [3.8, 4) is 11.5 Å². The van der Waals surface area contributed by atoms with Crippen LogP contribution in [0.5, 0.6) is 11.5 Å². The second-order valence-corrected chi connectivity index (χ2v) is 8.97. The second kappa shape index (κ2) is 6.71. The largest absolute Gasteiger partial charge is 0.535 e. The zero-order valence-electron chi connectivity index (χ0n) is 13.4. The maximum atomic E-state index is 6.56. The molecule has 116 valence electrons. The van der Waals surface area contributed by atoms with Crippen LogP contribution in [0.2, 0.25) is 6.55 Å². The highest BCUT2D eigenvalue weighted by Gasteiger charge is 2.35. The number of rotatable bonds is 5. The summed E-state index contributed by atoms with van der Waals surface area (Å²) in [5.74, 6) is 1.70. The lowest BCUT2D eigenvalue weighted by Crippen LogP contribution is -2.60. The average Bonchev–Trinajstić information content (AvgIpc) is 2.64. The first kappa shape index (κ1) is 15.4. The van der Waals surface area contributed by atoms with Crippen LogP contribution in [0.3, 0.4) is 0 Å². The normalized spacial score (nSPS) is 11.0. The molecule has 0 aliphatic carbocycles. The summed E-state index contributed by atoms with van der Waals surface area (Å²) in [6.07, 6.45) is 0. The summed E-state index contributed by atoms with van der Waals surface area (Å²) in [6.45, 7) is 2.24. The summed E-state index contributed by atoms with van der Waals surface area (Å²) in [7, 11) is -0.642. The van der Waals surface area contributed by atoms with Gasteiger partial charge in [0.15, 0.2) is 0 Å². The van der Waals surface area contributed by atoms with Crippen LogP contribution in [0.15, 0.2) is 84.9 Å². The zero-order chi connectivity index (χ0) is 16.1. The van der Waals surface area contributed by atoms with E-state index in [9.17, 15) is 0 Å². The molecule has 0 amide bonds. The molecule has 0 saturated carbocycles. The van der Waals surface area contributed by atoms with Gasteiger partial charge in [-0.3, -0.25) is 0 Å². The highest BCUT2D eigenvalue weighted by atomic mass is 28.4. The molecule has 0 saturated heterocycles. The Kier molecular flexibility index (Phi) is 4.49. The fraction of sp³-hybridized carbons (Fsp3) is 0.100. The first-order valence-electron chi connectivity index (χ1n) is 7.66. The molecule has 3 aromatic carbocycles. The van der Waals surface area contributed by atoms with Crippen molar-refractivity contribution in [2.24, 2.45) is 0 Å². The molecule has 0 fully saturated rings. The van der Waals surface area contributed by atoms with Crippen molar-refractivity contribution in [1.82, 2.24) is 0 Å². The molecule has 0 N–H and O–H groups in total. The number of methoxy groups -OCH3 is 1. The van der Waals surface area contributed by atoms with Gasteiger partial charge in [-0.15, -0.1) is 0 Å². The lowest BCUT2D eigenvalue weighted by atomic mass is 10.3. The van der Waals surface area contributed by atoms with Gasteiger partial charge in [-0.05, 0) is 41.2 Å². The maximum Gasteiger partial charge on any atom is 0.311 e. The van der Waals surface area contributed by atoms with E-state index in [-0.39, 0.29) is 0 Å². The van der Waals surface area contributed by atoms with E-state index >= 15 is 0 Å². The molecule has 0 heterocycles. The summed E-state index contributed by atoms with van der Waals surface area (Å²) in [5.41, 5.74) is 0. The molecule has 2 nitrogen and oxygen atoms in total. The molecule has 0 spiro atoms. The molecule has 3 aromatic rings. The third-order valence-corrected chi connectivity index (χ3v) is 7.54. The Morgan fingerprint density at radius 1 is 0.609 bits per heavy atom. The molecule has 0 aliphatic heterocycles. The minimum Gasteiger partial charge on any atom is -0.535 e. The number of ether oxygens (including phenoxy) is 1. The molecule has 0 unspecified atom stereocenters. The minimum atomic E-state index is -2.31. The Balaban J connectivity index is 2.01. The van der Waals surface area contributed by atoms with Gasteiger partial charge in [-0.25, -0.2) is 0 Å². The van der Waals surface area contributed by atoms with Gasteiger partial charge in [0.25, 0.3) is 0 Å². The minimum absolute atomic E-state index is 0.833. The van der Waals surface area contributed by atoms with Crippen LogP contribution < -0.4 is 19.5 Å². The number of hydrogen-bond donors (Lipinski definition) is 0. The van der Waals surface area contributed by atoms with Gasteiger partial charge in [0, 0.05) is 0 Å². The Labute approximate surface area is 138 Å². The SMILES string of the molecule is COc1ccc(O[Si](C)(c2ccccc2)c2ccccc2)cc1. The van der Waals surface area contributed by atoms with Crippen molar-refractivity contribution >= 4 is 18.7 Å². The predicted molar refractivity (Wildman–Crippen MR) is 97.4 cm³/mol. The van der Waals surface area contributed by atoms with E-state index in [0.29, 0.717) is 0 Å². The van der Waals surface area contributed by atoms with Crippen LogP contribution in [0.25, 0.3) is 0 Å².